The van der Waals surface area contributed by atoms with E-state index in [-0.39, 0.29) is 5.91 Å². The standard InChI is InChI=1S/C12H14ClNO2/c1-3-16-7-6-12(15)14-11-8-10(13)5-4-9(11)2/h4-8H,3H2,1-2H3,(H,14,15)/b7-6+. The summed E-state index contributed by atoms with van der Waals surface area (Å²) in [5.74, 6) is -0.237. The fourth-order valence-electron chi connectivity index (χ4n) is 1.11. The molecule has 0 atom stereocenters. The molecule has 0 spiro atoms. The van der Waals surface area contributed by atoms with Crippen LogP contribution < -0.4 is 5.32 Å². The minimum Gasteiger partial charge on any atom is -0.501 e. The average Bonchev–Trinajstić information content (AvgIpc) is 2.24. The van der Waals surface area contributed by atoms with Gasteiger partial charge in [-0.15, -0.1) is 0 Å². The smallest absolute Gasteiger partial charge is 0.251 e. The topological polar surface area (TPSA) is 38.3 Å². The Labute approximate surface area is 100 Å². The molecule has 0 aliphatic rings. The Kier molecular flexibility index (Phi) is 4.86. The van der Waals surface area contributed by atoms with Gasteiger partial charge in [0.15, 0.2) is 0 Å². The molecule has 4 heteroatoms. The van der Waals surface area contributed by atoms with Gasteiger partial charge in [-0.05, 0) is 31.5 Å². The highest BCUT2D eigenvalue weighted by Crippen LogP contribution is 2.19. The number of nitrogens with one attached hydrogen (secondary N) is 1. The van der Waals surface area contributed by atoms with E-state index in [1.165, 1.54) is 12.3 Å². The van der Waals surface area contributed by atoms with E-state index in [0.29, 0.717) is 17.3 Å². The predicted molar refractivity (Wildman–Crippen MR) is 65.6 cm³/mol. The molecule has 0 radical (unpaired) electrons. The SMILES string of the molecule is CCO/C=C/C(=O)Nc1cc(Cl)ccc1C. The van der Waals surface area contributed by atoms with Crippen LogP contribution in [0.5, 0.6) is 0 Å². The second-order valence-corrected chi connectivity index (χ2v) is 3.64. The molecule has 0 saturated heterocycles. The molecular weight excluding hydrogens is 226 g/mol. The zero-order valence-electron chi connectivity index (χ0n) is 9.29. The van der Waals surface area contributed by atoms with Crippen LogP contribution in [-0.2, 0) is 9.53 Å². The molecular formula is C12H14ClNO2. The number of halogens is 1. The van der Waals surface area contributed by atoms with Crippen LogP contribution >= 0.6 is 11.6 Å². The fraction of sp³-hybridized carbons (Fsp3) is 0.250. The van der Waals surface area contributed by atoms with Crippen molar-refractivity contribution >= 4 is 23.2 Å². The lowest BCUT2D eigenvalue weighted by molar-refractivity contribution is -0.112. The second kappa shape index (κ2) is 6.18. The van der Waals surface area contributed by atoms with Gasteiger partial charge >= 0.3 is 0 Å². The van der Waals surface area contributed by atoms with E-state index in [1.807, 2.05) is 19.9 Å². The monoisotopic (exact) mass is 239 g/mol. The molecule has 0 aliphatic heterocycles. The minimum absolute atomic E-state index is 0.237. The molecule has 1 aromatic carbocycles. The van der Waals surface area contributed by atoms with E-state index >= 15 is 0 Å². The quantitative estimate of drug-likeness (QED) is 0.648. The molecule has 0 aliphatic carbocycles. The first-order valence-corrected chi connectivity index (χ1v) is 5.36. The molecule has 0 aromatic heterocycles. The van der Waals surface area contributed by atoms with Crippen molar-refractivity contribution in [3.8, 4) is 0 Å². The molecule has 1 N–H and O–H groups in total. The Morgan fingerprint density at radius 2 is 2.31 bits per heavy atom. The Balaban J connectivity index is 2.65. The van der Waals surface area contributed by atoms with Gasteiger partial charge in [0, 0.05) is 16.8 Å². The van der Waals surface area contributed by atoms with Gasteiger partial charge in [0.25, 0.3) is 5.91 Å². The molecule has 1 amide bonds. The molecule has 0 heterocycles. The summed E-state index contributed by atoms with van der Waals surface area (Å²) in [6.45, 7) is 4.29. The first-order valence-electron chi connectivity index (χ1n) is 4.98. The number of carbonyl (C=O) groups is 1. The second-order valence-electron chi connectivity index (χ2n) is 3.21. The van der Waals surface area contributed by atoms with Crippen molar-refractivity contribution < 1.29 is 9.53 Å². The highest BCUT2D eigenvalue weighted by Gasteiger charge is 2.02. The normalized spacial score (nSPS) is 10.4. The van der Waals surface area contributed by atoms with Gasteiger partial charge in [-0.1, -0.05) is 17.7 Å². The van der Waals surface area contributed by atoms with E-state index < -0.39 is 0 Å². The van der Waals surface area contributed by atoms with Gasteiger partial charge in [0.1, 0.15) is 0 Å². The third-order valence-electron chi connectivity index (χ3n) is 1.94. The summed E-state index contributed by atoms with van der Waals surface area (Å²) < 4.78 is 4.93. The van der Waals surface area contributed by atoms with E-state index in [4.69, 9.17) is 16.3 Å². The Hall–Kier alpha value is -1.48. The van der Waals surface area contributed by atoms with Gasteiger partial charge in [0.05, 0.1) is 12.9 Å². The number of carbonyl (C=O) groups excluding carboxylic acids is 1. The fourth-order valence-corrected chi connectivity index (χ4v) is 1.28. The molecule has 16 heavy (non-hydrogen) atoms. The molecule has 0 saturated carbocycles. The average molecular weight is 240 g/mol. The Morgan fingerprint density at radius 1 is 1.56 bits per heavy atom. The van der Waals surface area contributed by atoms with Crippen LogP contribution in [-0.4, -0.2) is 12.5 Å². The van der Waals surface area contributed by atoms with Gasteiger partial charge in [-0.3, -0.25) is 4.79 Å². The van der Waals surface area contributed by atoms with Gasteiger partial charge < -0.3 is 10.1 Å². The van der Waals surface area contributed by atoms with E-state index in [1.54, 1.807) is 12.1 Å². The number of amides is 1. The summed E-state index contributed by atoms with van der Waals surface area (Å²) in [5, 5.41) is 3.31. The lowest BCUT2D eigenvalue weighted by Crippen LogP contribution is -2.09. The minimum atomic E-state index is -0.237. The van der Waals surface area contributed by atoms with Gasteiger partial charge in [-0.25, -0.2) is 0 Å². The van der Waals surface area contributed by atoms with Crippen molar-refractivity contribution in [1.29, 1.82) is 0 Å². The maximum atomic E-state index is 11.4. The van der Waals surface area contributed by atoms with Crippen molar-refractivity contribution in [2.24, 2.45) is 0 Å². The number of rotatable bonds is 4. The van der Waals surface area contributed by atoms with E-state index in [0.717, 1.165) is 5.56 Å². The predicted octanol–water partition coefficient (Wildman–Crippen LogP) is 3.14. The number of anilines is 1. The van der Waals surface area contributed by atoms with Gasteiger partial charge in [-0.2, -0.15) is 0 Å². The van der Waals surface area contributed by atoms with Crippen molar-refractivity contribution in [2.75, 3.05) is 11.9 Å². The van der Waals surface area contributed by atoms with Crippen LogP contribution in [0, 0.1) is 6.92 Å². The summed E-state index contributed by atoms with van der Waals surface area (Å²) in [5.41, 5.74) is 1.67. The third-order valence-corrected chi connectivity index (χ3v) is 2.17. The number of hydrogen-bond donors (Lipinski definition) is 1. The van der Waals surface area contributed by atoms with E-state index in [2.05, 4.69) is 5.32 Å². The van der Waals surface area contributed by atoms with Crippen LogP contribution in [0.15, 0.2) is 30.5 Å². The lowest BCUT2D eigenvalue weighted by Gasteiger charge is -2.06. The molecule has 0 bridgehead atoms. The summed E-state index contributed by atoms with van der Waals surface area (Å²) in [6, 6.07) is 5.34. The van der Waals surface area contributed by atoms with Crippen LogP contribution in [0.4, 0.5) is 5.69 Å². The Morgan fingerprint density at radius 3 is 3.00 bits per heavy atom. The number of ether oxygens (including phenoxy) is 1. The first kappa shape index (κ1) is 12.6. The summed E-state index contributed by atoms with van der Waals surface area (Å²) in [6.07, 6.45) is 2.71. The van der Waals surface area contributed by atoms with Crippen LogP contribution in [0.3, 0.4) is 0 Å². The maximum absolute atomic E-state index is 11.4. The molecule has 0 fully saturated rings. The zero-order chi connectivity index (χ0) is 12.0. The third kappa shape index (κ3) is 3.95. The summed E-state index contributed by atoms with van der Waals surface area (Å²) in [4.78, 5) is 11.4. The highest BCUT2D eigenvalue weighted by atomic mass is 35.5. The van der Waals surface area contributed by atoms with Crippen LogP contribution in [0.25, 0.3) is 0 Å². The summed E-state index contributed by atoms with van der Waals surface area (Å²) in [7, 11) is 0. The largest absolute Gasteiger partial charge is 0.501 e. The molecule has 1 aromatic rings. The molecule has 86 valence electrons. The molecule has 1 rings (SSSR count). The molecule has 3 nitrogen and oxygen atoms in total. The van der Waals surface area contributed by atoms with Crippen molar-refractivity contribution in [3.63, 3.8) is 0 Å². The zero-order valence-corrected chi connectivity index (χ0v) is 10.0. The number of benzene rings is 1. The lowest BCUT2D eigenvalue weighted by atomic mass is 10.2. The van der Waals surface area contributed by atoms with Crippen LogP contribution in [0.2, 0.25) is 5.02 Å². The van der Waals surface area contributed by atoms with E-state index in [9.17, 15) is 4.79 Å². The highest BCUT2D eigenvalue weighted by molar-refractivity contribution is 6.31. The van der Waals surface area contributed by atoms with Crippen molar-refractivity contribution in [3.05, 3.63) is 41.1 Å². The number of aryl methyl sites for hydroxylation is 1. The van der Waals surface area contributed by atoms with Crippen LogP contribution in [0.1, 0.15) is 12.5 Å². The number of hydrogen-bond acceptors (Lipinski definition) is 2. The first-order chi connectivity index (χ1) is 7.63. The molecule has 0 unspecified atom stereocenters. The van der Waals surface area contributed by atoms with Crippen molar-refractivity contribution in [1.82, 2.24) is 0 Å². The maximum Gasteiger partial charge on any atom is 0.251 e. The summed E-state index contributed by atoms with van der Waals surface area (Å²) >= 11 is 5.83. The van der Waals surface area contributed by atoms with Gasteiger partial charge in [0.2, 0.25) is 0 Å². The van der Waals surface area contributed by atoms with Crippen molar-refractivity contribution in [2.45, 2.75) is 13.8 Å². The Bertz CT molecular complexity index is 402.